The van der Waals surface area contributed by atoms with Crippen LogP contribution in [0.5, 0.6) is 11.5 Å². The van der Waals surface area contributed by atoms with Crippen LogP contribution in [-0.4, -0.2) is 47.4 Å². The van der Waals surface area contributed by atoms with Crippen molar-refractivity contribution in [2.45, 2.75) is 39.4 Å². The average molecular weight is 374 g/mol. The van der Waals surface area contributed by atoms with Gasteiger partial charge in [-0.3, -0.25) is 14.4 Å². The first-order chi connectivity index (χ1) is 12.8. The van der Waals surface area contributed by atoms with Gasteiger partial charge < -0.3 is 14.8 Å². The predicted octanol–water partition coefficient (Wildman–Crippen LogP) is 2.53. The van der Waals surface area contributed by atoms with Crippen LogP contribution in [0.25, 0.3) is 0 Å². The highest BCUT2D eigenvalue weighted by molar-refractivity contribution is 5.78. The summed E-state index contributed by atoms with van der Waals surface area (Å²) in [5, 5.41) is 7.26. The number of nitrogens with one attached hydrogen (secondary N) is 1. The molecular formula is C20H30N4O3. The molecule has 1 atom stereocenters. The van der Waals surface area contributed by atoms with Gasteiger partial charge in [0.05, 0.1) is 33.0 Å². The van der Waals surface area contributed by atoms with Gasteiger partial charge in [0.15, 0.2) is 0 Å². The summed E-state index contributed by atoms with van der Waals surface area (Å²) in [6.45, 7) is 7.09. The van der Waals surface area contributed by atoms with Crippen molar-refractivity contribution in [2.24, 2.45) is 7.05 Å². The van der Waals surface area contributed by atoms with Crippen LogP contribution in [0.1, 0.15) is 37.9 Å². The van der Waals surface area contributed by atoms with Gasteiger partial charge in [0.1, 0.15) is 11.5 Å². The second-order valence-corrected chi connectivity index (χ2v) is 6.92. The highest BCUT2D eigenvalue weighted by Gasteiger charge is 2.19. The van der Waals surface area contributed by atoms with E-state index in [1.54, 1.807) is 18.9 Å². The number of hydrogen-bond acceptors (Lipinski definition) is 5. The maximum absolute atomic E-state index is 12.6. The molecular weight excluding hydrogens is 344 g/mol. The second kappa shape index (κ2) is 9.41. The topological polar surface area (TPSA) is 68.6 Å². The standard InChI is InChI=1S/C20H30N4O3/c1-14(2)24(12-16-10-21-23(4)11-16)13-20(25)22-15(3)18-9-17(26-5)7-8-19(18)27-6/h7-11,14-15H,12-13H2,1-6H3,(H,22,25). The summed E-state index contributed by atoms with van der Waals surface area (Å²) in [5.41, 5.74) is 1.97. The molecule has 27 heavy (non-hydrogen) atoms. The van der Waals surface area contributed by atoms with Gasteiger partial charge in [-0.1, -0.05) is 0 Å². The van der Waals surface area contributed by atoms with Crippen LogP contribution in [0, 0.1) is 0 Å². The third kappa shape index (κ3) is 5.72. The summed E-state index contributed by atoms with van der Waals surface area (Å²) in [5.74, 6) is 1.41. The maximum Gasteiger partial charge on any atom is 0.234 e. The van der Waals surface area contributed by atoms with Gasteiger partial charge in [0.2, 0.25) is 5.91 Å². The van der Waals surface area contributed by atoms with Gasteiger partial charge in [-0.15, -0.1) is 0 Å². The number of nitrogens with zero attached hydrogens (tertiary/aromatic N) is 3. The Labute approximate surface area is 161 Å². The zero-order chi connectivity index (χ0) is 20.0. The summed E-state index contributed by atoms with van der Waals surface area (Å²) >= 11 is 0. The zero-order valence-electron chi connectivity index (χ0n) is 17.0. The minimum Gasteiger partial charge on any atom is -0.497 e. The third-order valence-corrected chi connectivity index (χ3v) is 4.50. The lowest BCUT2D eigenvalue weighted by atomic mass is 10.1. The fraction of sp³-hybridized carbons (Fsp3) is 0.500. The SMILES string of the molecule is COc1ccc(OC)c(C(C)NC(=O)CN(Cc2cnn(C)c2)C(C)C)c1. The number of aromatic nitrogens is 2. The van der Waals surface area contributed by atoms with Crippen molar-refractivity contribution in [3.05, 3.63) is 41.7 Å². The van der Waals surface area contributed by atoms with E-state index >= 15 is 0 Å². The van der Waals surface area contributed by atoms with Crippen molar-refractivity contribution < 1.29 is 14.3 Å². The number of benzene rings is 1. The molecule has 0 aliphatic heterocycles. The van der Waals surface area contributed by atoms with Crippen LogP contribution >= 0.6 is 0 Å². The number of carbonyl (C=O) groups is 1. The van der Waals surface area contributed by atoms with Gasteiger partial charge in [0.25, 0.3) is 0 Å². The van der Waals surface area contributed by atoms with Crippen LogP contribution in [-0.2, 0) is 18.4 Å². The second-order valence-electron chi connectivity index (χ2n) is 6.92. The Hall–Kier alpha value is -2.54. The molecule has 7 heteroatoms. The molecule has 1 aromatic heterocycles. The first-order valence-corrected chi connectivity index (χ1v) is 9.07. The van der Waals surface area contributed by atoms with Crippen molar-refractivity contribution >= 4 is 5.91 Å². The van der Waals surface area contributed by atoms with E-state index in [4.69, 9.17) is 9.47 Å². The Morgan fingerprint density at radius 1 is 1.26 bits per heavy atom. The molecule has 0 spiro atoms. The first-order valence-electron chi connectivity index (χ1n) is 9.07. The van der Waals surface area contributed by atoms with Gasteiger partial charge in [-0.2, -0.15) is 5.10 Å². The molecule has 148 valence electrons. The molecule has 0 saturated carbocycles. The molecule has 7 nitrogen and oxygen atoms in total. The molecule has 0 aliphatic carbocycles. The quantitative estimate of drug-likeness (QED) is 0.730. The van der Waals surface area contributed by atoms with E-state index in [2.05, 4.69) is 29.2 Å². The van der Waals surface area contributed by atoms with Gasteiger partial charge in [0, 0.05) is 37.0 Å². The molecule has 2 aromatic rings. The van der Waals surface area contributed by atoms with Gasteiger partial charge in [-0.05, 0) is 39.0 Å². The maximum atomic E-state index is 12.6. The number of hydrogen-bond donors (Lipinski definition) is 1. The highest BCUT2D eigenvalue weighted by Crippen LogP contribution is 2.29. The average Bonchev–Trinajstić information content (AvgIpc) is 3.05. The summed E-state index contributed by atoms with van der Waals surface area (Å²) in [4.78, 5) is 14.8. The van der Waals surface area contributed by atoms with E-state index in [9.17, 15) is 4.79 Å². The number of carbonyl (C=O) groups excluding carboxylic acids is 1. The van der Waals surface area contributed by atoms with E-state index in [-0.39, 0.29) is 18.0 Å². The number of amides is 1. The lowest BCUT2D eigenvalue weighted by molar-refractivity contribution is -0.123. The lowest BCUT2D eigenvalue weighted by Crippen LogP contribution is -2.41. The fourth-order valence-electron chi connectivity index (χ4n) is 2.94. The molecule has 0 aliphatic rings. The fourth-order valence-corrected chi connectivity index (χ4v) is 2.94. The van der Waals surface area contributed by atoms with E-state index in [0.717, 1.165) is 22.6 Å². The van der Waals surface area contributed by atoms with Crippen molar-refractivity contribution in [1.29, 1.82) is 0 Å². The first kappa shape index (κ1) is 20.8. The molecule has 0 radical (unpaired) electrons. The summed E-state index contributed by atoms with van der Waals surface area (Å²) in [6, 6.07) is 5.61. The monoisotopic (exact) mass is 374 g/mol. The van der Waals surface area contributed by atoms with Gasteiger partial charge >= 0.3 is 0 Å². The van der Waals surface area contributed by atoms with E-state index in [1.807, 2.05) is 44.6 Å². The minimum absolute atomic E-state index is 0.0371. The van der Waals surface area contributed by atoms with Gasteiger partial charge in [-0.25, -0.2) is 0 Å². The molecule has 2 rings (SSSR count). The van der Waals surface area contributed by atoms with Crippen LogP contribution < -0.4 is 14.8 Å². The molecule has 1 heterocycles. The normalized spacial score (nSPS) is 12.3. The summed E-state index contributed by atoms with van der Waals surface area (Å²) < 4.78 is 12.5. The molecule has 0 bridgehead atoms. The lowest BCUT2D eigenvalue weighted by Gasteiger charge is -2.26. The van der Waals surface area contributed by atoms with E-state index in [1.165, 1.54) is 0 Å². The zero-order valence-corrected chi connectivity index (χ0v) is 17.0. The van der Waals surface area contributed by atoms with Crippen molar-refractivity contribution in [1.82, 2.24) is 20.0 Å². The number of aryl methyl sites for hydroxylation is 1. The Morgan fingerprint density at radius 2 is 2.00 bits per heavy atom. The molecule has 0 fully saturated rings. The largest absolute Gasteiger partial charge is 0.497 e. The molecule has 1 aromatic carbocycles. The van der Waals surface area contributed by atoms with Crippen LogP contribution in [0.15, 0.2) is 30.6 Å². The van der Waals surface area contributed by atoms with Crippen molar-refractivity contribution in [2.75, 3.05) is 20.8 Å². The third-order valence-electron chi connectivity index (χ3n) is 4.50. The summed E-state index contributed by atoms with van der Waals surface area (Å²) in [7, 11) is 5.13. The summed E-state index contributed by atoms with van der Waals surface area (Å²) in [6.07, 6.45) is 3.80. The molecule has 1 N–H and O–H groups in total. The predicted molar refractivity (Wildman–Crippen MR) is 105 cm³/mol. The molecule has 0 saturated heterocycles. The van der Waals surface area contributed by atoms with Crippen molar-refractivity contribution in [3.8, 4) is 11.5 Å². The minimum atomic E-state index is -0.199. The van der Waals surface area contributed by atoms with E-state index < -0.39 is 0 Å². The smallest absolute Gasteiger partial charge is 0.234 e. The Morgan fingerprint density at radius 3 is 2.56 bits per heavy atom. The highest BCUT2D eigenvalue weighted by atomic mass is 16.5. The van der Waals surface area contributed by atoms with Crippen LogP contribution in [0.4, 0.5) is 0 Å². The Balaban J connectivity index is 2.04. The molecule has 1 unspecified atom stereocenters. The number of rotatable bonds is 9. The van der Waals surface area contributed by atoms with Crippen LogP contribution in [0.2, 0.25) is 0 Å². The number of ether oxygens (including phenoxy) is 2. The Kier molecular flexibility index (Phi) is 7.24. The number of methoxy groups -OCH3 is 2. The van der Waals surface area contributed by atoms with E-state index in [0.29, 0.717) is 13.1 Å². The Bertz CT molecular complexity index is 757. The van der Waals surface area contributed by atoms with Crippen LogP contribution in [0.3, 0.4) is 0 Å². The molecule has 1 amide bonds. The van der Waals surface area contributed by atoms with Crippen molar-refractivity contribution in [3.63, 3.8) is 0 Å².